The lowest BCUT2D eigenvalue weighted by Gasteiger charge is -2.10. The molecule has 0 aliphatic carbocycles. The molecule has 4 N–H and O–H groups in total. The molecule has 0 unspecified atom stereocenters. The van der Waals surface area contributed by atoms with Gasteiger partial charge in [-0.25, -0.2) is 9.38 Å². The minimum absolute atomic E-state index is 0. The molecule has 128 valence electrons. The minimum atomic E-state index is -0.369. The number of nitrogens with zero attached hydrogens (tertiary/aromatic N) is 1. The summed E-state index contributed by atoms with van der Waals surface area (Å²) < 4.78 is 18.0. The normalized spacial score (nSPS) is 10.5. The van der Waals surface area contributed by atoms with Crippen LogP contribution in [0.15, 0.2) is 53.5 Å². The van der Waals surface area contributed by atoms with Crippen LogP contribution in [0.3, 0.4) is 0 Å². The number of hydrogen-bond donors (Lipinski definition) is 3. The topological polar surface area (TPSA) is 88.7 Å². The van der Waals surface area contributed by atoms with Crippen molar-refractivity contribution in [3.05, 3.63) is 54.3 Å². The summed E-state index contributed by atoms with van der Waals surface area (Å²) in [4.78, 5) is 15.7. The van der Waals surface area contributed by atoms with Crippen molar-refractivity contribution in [2.45, 2.75) is 0 Å². The fraction of sp³-hybridized carbons (Fsp3) is 0.125. The zero-order valence-electron chi connectivity index (χ0n) is 13.0. The van der Waals surface area contributed by atoms with Crippen molar-refractivity contribution in [2.75, 3.05) is 24.3 Å². The lowest BCUT2D eigenvalue weighted by molar-refractivity contribution is -0.114. The Bertz CT molecular complexity index is 707. The molecule has 0 spiro atoms. The van der Waals surface area contributed by atoms with Crippen molar-refractivity contribution in [3.63, 3.8) is 0 Å². The zero-order valence-corrected chi connectivity index (χ0v) is 15.3. The van der Waals surface area contributed by atoms with E-state index in [0.29, 0.717) is 17.1 Å². The number of guanidine groups is 1. The average molecular weight is 444 g/mol. The van der Waals surface area contributed by atoms with Gasteiger partial charge in [0.1, 0.15) is 18.1 Å². The molecule has 0 saturated carbocycles. The molecule has 2 rings (SSSR count). The molecule has 0 bridgehead atoms. The molecular weight excluding hydrogens is 426 g/mol. The van der Waals surface area contributed by atoms with Gasteiger partial charge < -0.3 is 21.1 Å². The number of halogens is 2. The van der Waals surface area contributed by atoms with Gasteiger partial charge in [-0.15, -0.1) is 24.0 Å². The number of rotatable bonds is 5. The van der Waals surface area contributed by atoms with Crippen LogP contribution in [-0.2, 0) is 4.79 Å². The Balaban J connectivity index is 0.00000288. The standard InChI is InChI=1S/C16H17FN4O2.HI/c1-23-14-5-3-2-4-13(14)21-16(18)19-10-15(22)20-12-8-6-11(17)7-9-12;/h2-9H,10H2,1H3,(H,20,22)(H3,18,19,21);1H. The number of anilines is 2. The van der Waals surface area contributed by atoms with Crippen molar-refractivity contribution in [1.29, 1.82) is 0 Å². The molecule has 6 nitrogen and oxygen atoms in total. The predicted octanol–water partition coefficient (Wildman–Crippen LogP) is 2.82. The summed E-state index contributed by atoms with van der Waals surface area (Å²) >= 11 is 0. The summed E-state index contributed by atoms with van der Waals surface area (Å²) in [6.07, 6.45) is 0. The fourth-order valence-electron chi connectivity index (χ4n) is 1.82. The highest BCUT2D eigenvalue weighted by Crippen LogP contribution is 2.22. The number of benzene rings is 2. The van der Waals surface area contributed by atoms with E-state index in [9.17, 15) is 9.18 Å². The predicted molar refractivity (Wildman–Crippen MR) is 104 cm³/mol. The number of nitrogens with two attached hydrogens (primary N) is 1. The first-order valence-electron chi connectivity index (χ1n) is 6.84. The van der Waals surface area contributed by atoms with Gasteiger partial charge in [-0.05, 0) is 36.4 Å². The molecule has 0 fully saturated rings. The number of ether oxygens (including phenoxy) is 1. The van der Waals surface area contributed by atoms with E-state index in [4.69, 9.17) is 10.5 Å². The first-order valence-corrected chi connectivity index (χ1v) is 6.84. The molecule has 0 radical (unpaired) electrons. The summed E-state index contributed by atoms with van der Waals surface area (Å²) in [6, 6.07) is 12.7. The van der Waals surface area contributed by atoms with Crippen LogP contribution in [0.25, 0.3) is 0 Å². The highest BCUT2D eigenvalue weighted by molar-refractivity contribution is 14.0. The van der Waals surface area contributed by atoms with Gasteiger partial charge in [-0.3, -0.25) is 4.79 Å². The highest BCUT2D eigenvalue weighted by atomic mass is 127. The summed E-state index contributed by atoms with van der Waals surface area (Å²) in [5.41, 5.74) is 6.88. The van der Waals surface area contributed by atoms with Gasteiger partial charge in [0.05, 0.1) is 12.8 Å². The van der Waals surface area contributed by atoms with Crippen LogP contribution >= 0.6 is 24.0 Å². The van der Waals surface area contributed by atoms with E-state index >= 15 is 0 Å². The lowest BCUT2D eigenvalue weighted by Crippen LogP contribution is -2.25. The first kappa shape index (κ1) is 19.7. The van der Waals surface area contributed by atoms with Crippen molar-refractivity contribution in [3.8, 4) is 5.75 Å². The molecule has 1 amide bonds. The number of carbonyl (C=O) groups is 1. The quantitative estimate of drug-likeness (QED) is 0.376. The maximum Gasteiger partial charge on any atom is 0.246 e. The molecule has 2 aromatic carbocycles. The molecular formula is C16H18FIN4O2. The van der Waals surface area contributed by atoms with Gasteiger partial charge in [-0.2, -0.15) is 0 Å². The van der Waals surface area contributed by atoms with Gasteiger partial charge in [0.25, 0.3) is 0 Å². The molecule has 0 atom stereocenters. The average Bonchev–Trinajstić information content (AvgIpc) is 2.55. The number of methoxy groups -OCH3 is 1. The largest absolute Gasteiger partial charge is 0.495 e. The van der Waals surface area contributed by atoms with Crippen LogP contribution < -0.4 is 21.1 Å². The van der Waals surface area contributed by atoms with Crippen molar-refractivity contribution < 1.29 is 13.9 Å². The van der Waals surface area contributed by atoms with E-state index in [0.717, 1.165) is 0 Å². The number of para-hydroxylation sites is 2. The number of amides is 1. The van der Waals surface area contributed by atoms with E-state index in [1.54, 1.807) is 19.2 Å². The Labute approximate surface area is 156 Å². The van der Waals surface area contributed by atoms with Gasteiger partial charge in [0, 0.05) is 5.69 Å². The summed E-state index contributed by atoms with van der Waals surface area (Å²) in [7, 11) is 1.55. The Morgan fingerprint density at radius 2 is 1.83 bits per heavy atom. The minimum Gasteiger partial charge on any atom is -0.495 e. The maximum atomic E-state index is 12.8. The van der Waals surface area contributed by atoms with E-state index in [1.165, 1.54) is 24.3 Å². The second-order valence-electron chi connectivity index (χ2n) is 4.58. The Morgan fingerprint density at radius 1 is 1.17 bits per heavy atom. The molecule has 0 aliphatic rings. The highest BCUT2D eigenvalue weighted by Gasteiger charge is 2.04. The van der Waals surface area contributed by atoms with E-state index in [-0.39, 0.29) is 48.2 Å². The summed E-state index contributed by atoms with van der Waals surface area (Å²) in [5.74, 6) is -0.0298. The SMILES string of the molecule is COc1ccccc1NC(N)=NCC(=O)Nc1ccc(F)cc1.I. The van der Waals surface area contributed by atoms with Gasteiger partial charge in [-0.1, -0.05) is 12.1 Å². The lowest BCUT2D eigenvalue weighted by atomic mass is 10.3. The molecule has 0 heterocycles. The monoisotopic (exact) mass is 444 g/mol. The maximum absolute atomic E-state index is 12.8. The fourth-order valence-corrected chi connectivity index (χ4v) is 1.82. The third kappa shape index (κ3) is 6.03. The van der Waals surface area contributed by atoms with Crippen molar-refractivity contribution in [1.82, 2.24) is 0 Å². The van der Waals surface area contributed by atoms with E-state index < -0.39 is 0 Å². The smallest absolute Gasteiger partial charge is 0.246 e. The molecule has 24 heavy (non-hydrogen) atoms. The molecule has 0 saturated heterocycles. The second kappa shape index (κ2) is 9.71. The number of hydrogen-bond acceptors (Lipinski definition) is 3. The zero-order chi connectivity index (χ0) is 16.7. The van der Waals surface area contributed by atoms with Crippen LogP contribution in [0.4, 0.5) is 15.8 Å². The third-order valence-electron chi connectivity index (χ3n) is 2.89. The molecule has 8 heteroatoms. The molecule has 0 aliphatic heterocycles. The van der Waals surface area contributed by atoms with E-state index in [2.05, 4.69) is 15.6 Å². The summed E-state index contributed by atoms with van der Waals surface area (Å²) in [6.45, 7) is -0.161. The van der Waals surface area contributed by atoms with Crippen LogP contribution in [-0.4, -0.2) is 25.5 Å². The van der Waals surface area contributed by atoms with E-state index in [1.807, 2.05) is 12.1 Å². The third-order valence-corrected chi connectivity index (χ3v) is 2.89. The van der Waals surface area contributed by atoms with Gasteiger partial charge in [0.2, 0.25) is 5.91 Å². The first-order chi connectivity index (χ1) is 11.1. The van der Waals surface area contributed by atoms with Crippen molar-refractivity contribution >= 4 is 47.2 Å². The van der Waals surface area contributed by atoms with Gasteiger partial charge >= 0.3 is 0 Å². The molecule has 2 aromatic rings. The molecule has 0 aromatic heterocycles. The summed E-state index contributed by atoms with van der Waals surface area (Å²) in [5, 5.41) is 5.45. The Kier molecular flexibility index (Phi) is 7.96. The van der Waals surface area contributed by atoms with Crippen LogP contribution in [0.2, 0.25) is 0 Å². The Morgan fingerprint density at radius 3 is 2.50 bits per heavy atom. The van der Waals surface area contributed by atoms with Crippen LogP contribution in [0.1, 0.15) is 0 Å². The van der Waals surface area contributed by atoms with Crippen molar-refractivity contribution in [2.24, 2.45) is 10.7 Å². The number of aliphatic imine (C=N–C) groups is 1. The van der Waals surface area contributed by atoms with Crippen LogP contribution in [0, 0.1) is 5.82 Å². The second-order valence-corrected chi connectivity index (χ2v) is 4.58. The number of nitrogens with one attached hydrogen (secondary N) is 2. The number of carbonyl (C=O) groups excluding carboxylic acids is 1. The van der Waals surface area contributed by atoms with Gasteiger partial charge in [0.15, 0.2) is 5.96 Å². The van der Waals surface area contributed by atoms with Crippen LogP contribution in [0.5, 0.6) is 5.75 Å². The Hall–Kier alpha value is -2.36.